The average Bonchev–Trinajstić information content (AvgIpc) is 2.48. The molecule has 9 N–H and O–H groups in total. The Bertz CT molecular complexity index is 1600. The van der Waals surface area contributed by atoms with Crippen LogP contribution in [0.25, 0.3) is 0 Å². The molecule has 2 heterocycles. The summed E-state index contributed by atoms with van der Waals surface area (Å²) in [6.07, 6.45) is 61.3. The van der Waals surface area contributed by atoms with Crippen molar-refractivity contribution in [3.63, 3.8) is 0 Å². The number of nitrogens with one attached hydrogen (secondary N) is 1. The van der Waals surface area contributed by atoms with Crippen molar-refractivity contribution in [1.82, 2.24) is 5.32 Å². The second kappa shape index (κ2) is 61.1. The van der Waals surface area contributed by atoms with Crippen molar-refractivity contribution in [1.29, 1.82) is 0 Å². The molecule has 0 aromatic carbocycles. The molecule has 1 amide bonds. The first-order valence-corrected chi connectivity index (χ1v) is 38.6. The largest absolute Gasteiger partial charge is 0.394 e. The lowest BCUT2D eigenvalue weighted by Gasteiger charge is -2.46. The molecule has 0 aliphatic carbocycles. The van der Waals surface area contributed by atoms with Crippen molar-refractivity contribution < 1.29 is 64.6 Å². The van der Waals surface area contributed by atoms with Crippen molar-refractivity contribution in [2.75, 3.05) is 19.8 Å². The molecule has 14 nitrogen and oxygen atoms in total. The fourth-order valence-corrected chi connectivity index (χ4v) is 13.0. The van der Waals surface area contributed by atoms with Crippen molar-refractivity contribution in [2.45, 2.75) is 434 Å². The van der Waals surface area contributed by atoms with E-state index in [2.05, 4.69) is 31.3 Å². The molecule has 12 unspecified atom stereocenters. The first kappa shape index (κ1) is 84.6. The summed E-state index contributed by atoms with van der Waals surface area (Å²) in [6, 6.07) is -0.930. The van der Waals surface area contributed by atoms with Gasteiger partial charge in [-0.05, 0) is 32.1 Å². The molecular weight excluding hydrogens is 1130 g/mol. The summed E-state index contributed by atoms with van der Waals surface area (Å²) in [5, 5.41) is 87.5. The van der Waals surface area contributed by atoms with Crippen molar-refractivity contribution in [3.8, 4) is 0 Å². The summed E-state index contributed by atoms with van der Waals surface area (Å²) in [5.74, 6) is -0.241. The number of amides is 1. The molecule has 2 aliphatic heterocycles. The van der Waals surface area contributed by atoms with Gasteiger partial charge in [0, 0.05) is 6.42 Å². The Morgan fingerprint density at radius 1 is 0.389 bits per heavy atom. The van der Waals surface area contributed by atoms with E-state index in [0.717, 1.165) is 32.1 Å². The van der Waals surface area contributed by atoms with Crippen molar-refractivity contribution in [3.05, 3.63) is 24.3 Å². The zero-order valence-electron chi connectivity index (χ0n) is 58.2. The first-order valence-electron chi connectivity index (χ1n) is 38.6. The number of unbranched alkanes of at least 4 members (excludes halogenated alkanes) is 50. The molecule has 0 bridgehead atoms. The van der Waals surface area contributed by atoms with Crippen LogP contribution in [0.4, 0.5) is 0 Å². The van der Waals surface area contributed by atoms with Crippen LogP contribution in [0, 0.1) is 0 Å². The highest BCUT2D eigenvalue weighted by Crippen LogP contribution is 2.30. The topological polar surface area (TPSA) is 228 Å². The average molecular weight is 1280 g/mol. The molecule has 0 aromatic rings. The molecule has 2 saturated heterocycles. The number of carbonyl (C=O) groups excluding carboxylic acids is 1. The number of aliphatic hydroxyl groups is 8. The fraction of sp³-hybridized carbons (Fsp3) is 0.934. The molecule has 0 spiro atoms. The molecule has 90 heavy (non-hydrogen) atoms. The van der Waals surface area contributed by atoms with E-state index in [4.69, 9.17) is 18.9 Å². The molecule has 2 aliphatic rings. The zero-order chi connectivity index (χ0) is 65.2. The maximum absolute atomic E-state index is 13.4. The van der Waals surface area contributed by atoms with Crippen LogP contribution in [-0.2, 0) is 23.7 Å². The molecular formula is C76H145NO13. The van der Waals surface area contributed by atoms with Gasteiger partial charge < -0.3 is 65.1 Å². The molecule has 532 valence electrons. The molecule has 14 heteroatoms. The molecule has 12 atom stereocenters. The Hall–Kier alpha value is -1.53. The number of hydrogen-bond acceptors (Lipinski definition) is 13. The van der Waals surface area contributed by atoms with E-state index < -0.39 is 86.8 Å². The summed E-state index contributed by atoms with van der Waals surface area (Å²) in [6.45, 7) is 2.84. The van der Waals surface area contributed by atoms with E-state index in [1.807, 2.05) is 6.08 Å². The SMILES string of the molecule is CCCCCCCCCCCCCCCCC/C=C/CC/C=C/C(O)C(COC1OC(CO)C(OC2OC(CO)C(O)C(O)C2O)C(O)C1O)NC(=O)CCCCCCCCCCCCCCCCCCCCCCCCCCCCCCCCCCCCC. The third-order valence-electron chi connectivity index (χ3n) is 19.1. The van der Waals surface area contributed by atoms with E-state index in [-0.39, 0.29) is 18.9 Å². The lowest BCUT2D eigenvalue weighted by molar-refractivity contribution is -0.359. The second-order valence-corrected chi connectivity index (χ2v) is 27.5. The number of carbonyl (C=O) groups is 1. The van der Waals surface area contributed by atoms with Gasteiger partial charge in [0.2, 0.25) is 5.91 Å². The summed E-state index contributed by atoms with van der Waals surface area (Å²) < 4.78 is 22.9. The van der Waals surface area contributed by atoms with E-state index in [1.165, 1.54) is 295 Å². The van der Waals surface area contributed by atoms with Crippen LogP contribution >= 0.6 is 0 Å². The van der Waals surface area contributed by atoms with Gasteiger partial charge in [-0.1, -0.05) is 346 Å². The second-order valence-electron chi connectivity index (χ2n) is 27.5. The van der Waals surface area contributed by atoms with Crippen LogP contribution in [0.15, 0.2) is 24.3 Å². The number of hydrogen-bond donors (Lipinski definition) is 9. The summed E-state index contributed by atoms with van der Waals surface area (Å²) >= 11 is 0. The van der Waals surface area contributed by atoms with E-state index in [9.17, 15) is 45.6 Å². The quantitative estimate of drug-likeness (QED) is 0.0204. The summed E-state index contributed by atoms with van der Waals surface area (Å²) in [7, 11) is 0. The van der Waals surface area contributed by atoms with Gasteiger partial charge in [0.15, 0.2) is 12.6 Å². The van der Waals surface area contributed by atoms with Gasteiger partial charge in [-0.15, -0.1) is 0 Å². The first-order chi connectivity index (χ1) is 44.1. The highest BCUT2D eigenvalue weighted by Gasteiger charge is 2.51. The van der Waals surface area contributed by atoms with Crippen LogP contribution < -0.4 is 5.32 Å². The van der Waals surface area contributed by atoms with E-state index in [1.54, 1.807) is 6.08 Å². The maximum atomic E-state index is 13.4. The van der Waals surface area contributed by atoms with E-state index >= 15 is 0 Å². The van der Waals surface area contributed by atoms with Gasteiger partial charge in [-0.3, -0.25) is 4.79 Å². The predicted octanol–water partition coefficient (Wildman–Crippen LogP) is 16.7. The third-order valence-corrected chi connectivity index (χ3v) is 19.1. The summed E-state index contributed by atoms with van der Waals surface area (Å²) in [4.78, 5) is 13.4. The third kappa shape index (κ3) is 44.3. The van der Waals surface area contributed by atoms with E-state index in [0.29, 0.717) is 12.8 Å². The predicted molar refractivity (Wildman–Crippen MR) is 369 cm³/mol. The van der Waals surface area contributed by atoms with Gasteiger partial charge in [0.05, 0.1) is 32.0 Å². The molecule has 2 rings (SSSR count). The zero-order valence-corrected chi connectivity index (χ0v) is 58.2. The van der Waals surface area contributed by atoms with Crippen LogP contribution in [0.3, 0.4) is 0 Å². The molecule has 0 radical (unpaired) electrons. The minimum absolute atomic E-state index is 0.241. The fourth-order valence-electron chi connectivity index (χ4n) is 13.0. The molecule has 2 fully saturated rings. The van der Waals surface area contributed by atoms with Gasteiger partial charge in [-0.2, -0.15) is 0 Å². The monoisotopic (exact) mass is 1280 g/mol. The van der Waals surface area contributed by atoms with Gasteiger partial charge in [0.25, 0.3) is 0 Å². The summed E-state index contributed by atoms with van der Waals surface area (Å²) in [5.41, 5.74) is 0. The highest BCUT2D eigenvalue weighted by molar-refractivity contribution is 5.76. The van der Waals surface area contributed by atoms with Crippen LogP contribution in [-0.4, -0.2) is 140 Å². The number of aliphatic hydroxyl groups excluding tert-OH is 8. The minimum atomic E-state index is -1.79. The normalized spacial score (nSPS) is 23.0. The van der Waals surface area contributed by atoms with Crippen molar-refractivity contribution in [2.24, 2.45) is 0 Å². The Labute approximate surface area is 551 Å². The van der Waals surface area contributed by atoms with Crippen LogP contribution in [0.2, 0.25) is 0 Å². The minimum Gasteiger partial charge on any atom is -0.394 e. The lowest BCUT2D eigenvalue weighted by Crippen LogP contribution is -2.65. The Kier molecular flexibility index (Phi) is 57.4. The van der Waals surface area contributed by atoms with Gasteiger partial charge in [0.1, 0.15) is 48.8 Å². The number of rotatable bonds is 65. The lowest BCUT2D eigenvalue weighted by atomic mass is 9.97. The Balaban J connectivity index is 1.61. The van der Waals surface area contributed by atoms with Crippen LogP contribution in [0.5, 0.6) is 0 Å². The van der Waals surface area contributed by atoms with Crippen molar-refractivity contribution >= 4 is 5.91 Å². The standard InChI is InChI=1S/C76H145NO13/c1-3-5-7-9-11-13-15-17-19-21-23-25-26-27-28-29-30-31-32-33-34-35-36-37-38-40-42-44-46-48-50-52-54-56-58-60-68(81)77-64(65(80)59-57-55-53-51-49-47-45-43-41-39-24-22-20-18-16-14-12-10-8-6-4-2)63-87-75-73(86)71(84)74(67(62-79)89-75)90-76-72(85)70(83)69(82)66(61-78)88-76/h49,51,57,59,64-67,69-76,78-80,82-86H,3-48,50,52-56,58,60-63H2,1-2H3,(H,77,81)/b51-49+,59-57+. The van der Waals surface area contributed by atoms with Gasteiger partial charge in [-0.25, -0.2) is 0 Å². The number of ether oxygens (including phenoxy) is 4. The Morgan fingerprint density at radius 2 is 0.711 bits per heavy atom. The number of allylic oxidation sites excluding steroid dienone is 3. The molecule has 0 aromatic heterocycles. The van der Waals surface area contributed by atoms with Gasteiger partial charge >= 0.3 is 0 Å². The molecule has 0 saturated carbocycles. The van der Waals surface area contributed by atoms with Crippen LogP contribution in [0.1, 0.15) is 361 Å². The Morgan fingerprint density at radius 3 is 1.09 bits per heavy atom. The highest BCUT2D eigenvalue weighted by atomic mass is 16.7. The maximum Gasteiger partial charge on any atom is 0.220 e. The smallest absolute Gasteiger partial charge is 0.220 e.